The number of hydrogen-bond donors (Lipinski definition) is 2. The van der Waals surface area contributed by atoms with Gasteiger partial charge in [0.25, 0.3) is 15.6 Å². The van der Waals surface area contributed by atoms with Gasteiger partial charge in [-0.2, -0.15) is 5.10 Å². The lowest BCUT2D eigenvalue weighted by molar-refractivity contribution is 0.603. The standard InChI is InChI=1S/C14H9ClFN3O3S2/c15-10-6-9(1-2-11(10)16)19-24(21,22)14-5-8(7-23-14)12-3-4-13(20)18-17-12/h1-7,19H,(H,18,20). The van der Waals surface area contributed by atoms with Crippen LogP contribution in [0.3, 0.4) is 0 Å². The Morgan fingerprint density at radius 3 is 2.67 bits per heavy atom. The van der Waals surface area contributed by atoms with Crippen molar-refractivity contribution < 1.29 is 12.8 Å². The number of aromatic nitrogens is 2. The molecule has 0 spiro atoms. The third-order valence-corrected chi connectivity index (χ3v) is 6.10. The summed E-state index contributed by atoms with van der Waals surface area (Å²) in [5.41, 5.74) is 0.793. The molecule has 0 saturated heterocycles. The van der Waals surface area contributed by atoms with Crippen molar-refractivity contribution in [3.05, 3.63) is 63.0 Å². The van der Waals surface area contributed by atoms with E-state index in [2.05, 4.69) is 14.9 Å². The molecule has 1 aromatic carbocycles. The number of sulfonamides is 1. The maximum Gasteiger partial charge on any atom is 0.271 e. The van der Waals surface area contributed by atoms with Gasteiger partial charge in [-0.1, -0.05) is 11.6 Å². The van der Waals surface area contributed by atoms with Crippen molar-refractivity contribution in [1.82, 2.24) is 10.2 Å². The van der Waals surface area contributed by atoms with Gasteiger partial charge in [-0.25, -0.2) is 17.9 Å². The van der Waals surface area contributed by atoms with E-state index in [1.54, 1.807) is 5.38 Å². The van der Waals surface area contributed by atoms with E-state index in [1.165, 1.54) is 30.3 Å². The minimum absolute atomic E-state index is 0.0472. The molecule has 2 aromatic heterocycles. The molecule has 3 aromatic rings. The summed E-state index contributed by atoms with van der Waals surface area (Å²) in [7, 11) is -3.85. The predicted molar refractivity (Wildman–Crippen MR) is 90.4 cm³/mol. The molecule has 0 radical (unpaired) electrons. The number of nitrogens with zero attached hydrogens (tertiary/aromatic N) is 1. The second kappa shape index (κ2) is 6.34. The topological polar surface area (TPSA) is 91.9 Å². The van der Waals surface area contributed by atoms with Crippen LogP contribution in [0.25, 0.3) is 11.3 Å². The Labute approximate surface area is 145 Å². The van der Waals surface area contributed by atoms with Crippen molar-refractivity contribution in [2.45, 2.75) is 4.21 Å². The molecule has 24 heavy (non-hydrogen) atoms. The molecular weight excluding hydrogens is 377 g/mol. The zero-order chi connectivity index (χ0) is 17.3. The van der Waals surface area contributed by atoms with E-state index in [-0.39, 0.29) is 20.5 Å². The second-order valence-electron chi connectivity index (χ2n) is 4.70. The highest BCUT2D eigenvalue weighted by Gasteiger charge is 2.18. The smallest absolute Gasteiger partial charge is 0.271 e. The first-order valence-corrected chi connectivity index (χ1v) is 9.22. The zero-order valence-electron chi connectivity index (χ0n) is 11.8. The van der Waals surface area contributed by atoms with Crippen LogP contribution in [0.5, 0.6) is 0 Å². The quantitative estimate of drug-likeness (QED) is 0.721. The van der Waals surface area contributed by atoms with Crippen molar-refractivity contribution in [3.63, 3.8) is 0 Å². The molecule has 2 N–H and O–H groups in total. The average molecular weight is 386 g/mol. The van der Waals surface area contributed by atoms with Gasteiger partial charge in [0.2, 0.25) is 0 Å². The van der Waals surface area contributed by atoms with E-state index < -0.39 is 15.8 Å². The predicted octanol–water partition coefficient (Wildman–Crippen LogP) is 3.09. The minimum Gasteiger partial charge on any atom is -0.279 e. The van der Waals surface area contributed by atoms with Crippen molar-refractivity contribution in [3.8, 4) is 11.3 Å². The highest BCUT2D eigenvalue weighted by atomic mass is 35.5. The molecule has 0 bridgehead atoms. The van der Waals surface area contributed by atoms with Gasteiger partial charge in [0, 0.05) is 17.0 Å². The van der Waals surface area contributed by atoms with E-state index in [4.69, 9.17) is 11.6 Å². The fourth-order valence-electron chi connectivity index (χ4n) is 1.86. The number of nitrogens with one attached hydrogen (secondary N) is 2. The third kappa shape index (κ3) is 3.48. The SMILES string of the molecule is O=c1ccc(-c2csc(S(=O)(=O)Nc3ccc(F)c(Cl)c3)c2)n[nH]1. The first-order valence-electron chi connectivity index (χ1n) is 6.48. The maximum absolute atomic E-state index is 13.1. The van der Waals surface area contributed by atoms with Gasteiger partial charge in [0.15, 0.2) is 0 Å². The Morgan fingerprint density at radius 1 is 1.21 bits per heavy atom. The van der Waals surface area contributed by atoms with Crippen molar-refractivity contribution >= 4 is 38.6 Å². The summed E-state index contributed by atoms with van der Waals surface area (Å²) in [6, 6.07) is 7.75. The van der Waals surface area contributed by atoms with Crippen LogP contribution in [0.15, 0.2) is 50.8 Å². The molecule has 0 fully saturated rings. The first kappa shape index (κ1) is 16.6. The molecule has 0 amide bonds. The Morgan fingerprint density at radius 2 is 2.00 bits per heavy atom. The molecule has 0 aliphatic heterocycles. The van der Waals surface area contributed by atoms with Crippen LogP contribution in [0, 0.1) is 5.82 Å². The van der Waals surface area contributed by atoms with Gasteiger partial charge in [-0.05, 0) is 30.3 Å². The van der Waals surface area contributed by atoms with Crippen molar-refractivity contribution in [1.29, 1.82) is 0 Å². The number of benzene rings is 1. The Bertz CT molecular complexity index is 1040. The normalized spacial score (nSPS) is 11.4. The molecule has 0 aliphatic carbocycles. The molecule has 0 atom stereocenters. The number of halogens is 2. The summed E-state index contributed by atoms with van der Waals surface area (Å²) in [4.78, 5) is 11.0. The number of hydrogen-bond acceptors (Lipinski definition) is 5. The highest BCUT2D eigenvalue weighted by Crippen LogP contribution is 2.29. The number of thiophene rings is 1. The lowest BCUT2D eigenvalue weighted by Gasteiger charge is -2.06. The molecule has 2 heterocycles. The molecule has 0 saturated carbocycles. The van der Waals surface area contributed by atoms with Crippen LogP contribution in [0.4, 0.5) is 10.1 Å². The molecule has 0 unspecified atom stereocenters. The largest absolute Gasteiger partial charge is 0.279 e. The first-order chi connectivity index (χ1) is 11.3. The van der Waals surface area contributed by atoms with Crippen LogP contribution < -0.4 is 10.3 Å². The van der Waals surface area contributed by atoms with Crippen LogP contribution in [-0.2, 0) is 10.0 Å². The summed E-state index contributed by atoms with van der Waals surface area (Å²) in [6.45, 7) is 0. The van der Waals surface area contributed by atoms with Gasteiger partial charge in [0.05, 0.1) is 16.4 Å². The second-order valence-corrected chi connectivity index (χ2v) is 7.92. The van der Waals surface area contributed by atoms with E-state index in [0.717, 1.165) is 17.4 Å². The summed E-state index contributed by atoms with van der Waals surface area (Å²) in [5.74, 6) is -0.637. The van der Waals surface area contributed by atoms with E-state index >= 15 is 0 Å². The number of rotatable bonds is 4. The van der Waals surface area contributed by atoms with E-state index in [0.29, 0.717) is 11.3 Å². The third-order valence-electron chi connectivity index (χ3n) is 2.99. The molecule has 124 valence electrons. The summed E-state index contributed by atoms with van der Waals surface area (Å²) < 4.78 is 40.3. The van der Waals surface area contributed by atoms with Crippen molar-refractivity contribution in [2.24, 2.45) is 0 Å². The lowest BCUT2D eigenvalue weighted by atomic mass is 10.2. The van der Waals surface area contributed by atoms with Gasteiger partial charge >= 0.3 is 0 Å². The van der Waals surface area contributed by atoms with E-state index in [1.807, 2.05) is 0 Å². The Kier molecular flexibility index (Phi) is 4.39. The highest BCUT2D eigenvalue weighted by molar-refractivity contribution is 7.94. The Balaban J connectivity index is 1.89. The number of H-pyrrole nitrogens is 1. The lowest BCUT2D eigenvalue weighted by Crippen LogP contribution is -2.11. The fraction of sp³-hybridized carbons (Fsp3) is 0. The van der Waals surface area contributed by atoms with Gasteiger partial charge in [-0.15, -0.1) is 11.3 Å². The molecular formula is C14H9ClFN3O3S2. The fourth-order valence-corrected chi connectivity index (χ4v) is 4.27. The van der Waals surface area contributed by atoms with Gasteiger partial charge in [-0.3, -0.25) is 9.52 Å². The van der Waals surface area contributed by atoms with Crippen LogP contribution in [0.1, 0.15) is 0 Å². The van der Waals surface area contributed by atoms with Gasteiger partial charge in [0.1, 0.15) is 10.0 Å². The number of anilines is 1. The molecule has 3 rings (SSSR count). The summed E-state index contributed by atoms with van der Waals surface area (Å²) >= 11 is 6.63. The Hall–Kier alpha value is -2.23. The zero-order valence-corrected chi connectivity index (χ0v) is 14.2. The molecule has 6 nitrogen and oxygen atoms in total. The van der Waals surface area contributed by atoms with E-state index in [9.17, 15) is 17.6 Å². The molecule has 10 heteroatoms. The average Bonchev–Trinajstić information content (AvgIpc) is 3.02. The minimum atomic E-state index is -3.85. The van der Waals surface area contributed by atoms with Crippen LogP contribution in [0.2, 0.25) is 5.02 Å². The van der Waals surface area contributed by atoms with Gasteiger partial charge < -0.3 is 0 Å². The summed E-state index contributed by atoms with van der Waals surface area (Å²) in [6.07, 6.45) is 0. The molecule has 0 aliphatic rings. The van der Waals surface area contributed by atoms with Crippen LogP contribution in [-0.4, -0.2) is 18.6 Å². The maximum atomic E-state index is 13.1. The monoisotopic (exact) mass is 385 g/mol. The van der Waals surface area contributed by atoms with Crippen LogP contribution >= 0.6 is 22.9 Å². The van der Waals surface area contributed by atoms with Crippen molar-refractivity contribution in [2.75, 3.05) is 4.72 Å². The summed E-state index contributed by atoms with van der Waals surface area (Å²) in [5, 5.41) is 7.55. The number of aromatic amines is 1.